The molecule has 20 heavy (non-hydrogen) atoms. The third-order valence-corrected chi connectivity index (χ3v) is 3.17. The van der Waals surface area contributed by atoms with Gasteiger partial charge in [-0.15, -0.1) is 0 Å². The number of phenols is 2. The molecule has 0 saturated heterocycles. The van der Waals surface area contributed by atoms with Crippen molar-refractivity contribution in [3.63, 3.8) is 0 Å². The number of carbonyl (C=O) groups is 1. The summed E-state index contributed by atoms with van der Waals surface area (Å²) in [4.78, 5) is 11.9. The van der Waals surface area contributed by atoms with Gasteiger partial charge in [0.2, 0.25) is 0 Å². The highest BCUT2D eigenvalue weighted by atomic mass is 16.3. The number of aryl methyl sites for hydroxylation is 1. The number of phenolic OH excluding ortho intramolecular Hbond substituents is 2. The van der Waals surface area contributed by atoms with Crippen LogP contribution in [0.25, 0.3) is 0 Å². The molecule has 0 radical (unpaired) electrons. The maximum atomic E-state index is 11.9. The quantitative estimate of drug-likeness (QED) is 0.799. The fourth-order valence-electron chi connectivity index (χ4n) is 2.01. The molecular formula is C16H17NO3. The number of benzene rings is 2. The van der Waals surface area contributed by atoms with Gasteiger partial charge in [0.1, 0.15) is 11.5 Å². The first-order valence-electron chi connectivity index (χ1n) is 6.42. The molecule has 4 nitrogen and oxygen atoms in total. The van der Waals surface area contributed by atoms with Crippen LogP contribution in [0.3, 0.4) is 0 Å². The Hall–Kier alpha value is -2.49. The zero-order valence-corrected chi connectivity index (χ0v) is 11.3. The number of hydrogen-bond donors (Lipinski definition) is 3. The highest BCUT2D eigenvalue weighted by molar-refractivity contribution is 5.96. The zero-order valence-electron chi connectivity index (χ0n) is 11.3. The summed E-state index contributed by atoms with van der Waals surface area (Å²) in [5.74, 6) is -0.645. The lowest BCUT2D eigenvalue weighted by Gasteiger charge is -2.08. The first kappa shape index (κ1) is 13.9. The molecule has 0 unspecified atom stereocenters. The van der Waals surface area contributed by atoms with E-state index in [0.29, 0.717) is 6.54 Å². The molecule has 2 rings (SSSR count). The highest BCUT2D eigenvalue weighted by Crippen LogP contribution is 2.22. The molecule has 0 spiro atoms. The van der Waals surface area contributed by atoms with Gasteiger partial charge in [-0.2, -0.15) is 0 Å². The standard InChI is InChI=1S/C16H17NO3/c1-11-4-2-3-5-12(11)8-9-17-16(20)14-7-6-13(18)10-15(14)19/h2-7,10,18-19H,8-9H2,1H3,(H,17,20). The van der Waals surface area contributed by atoms with Gasteiger partial charge >= 0.3 is 0 Å². The Morgan fingerprint density at radius 1 is 1.15 bits per heavy atom. The Morgan fingerprint density at radius 2 is 1.90 bits per heavy atom. The van der Waals surface area contributed by atoms with E-state index in [1.54, 1.807) is 0 Å². The minimum Gasteiger partial charge on any atom is -0.508 e. The summed E-state index contributed by atoms with van der Waals surface area (Å²) in [5, 5.41) is 21.5. The van der Waals surface area contributed by atoms with E-state index in [2.05, 4.69) is 5.32 Å². The molecule has 104 valence electrons. The first-order chi connectivity index (χ1) is 9.58. The Labute approximate surface area is 117 Å². The molecule has 0 fully saturated rings. The average Bonchev–Trinajstić information content (AvgIpc) is 2.40. The van der Waals surface area contributed by atoms with Gasteiger partial charge in [-0.1, -0.05) is 24.3 Å². The summed E-state index contributed by atoms with van der Waals surface area (Å²) in [6.45, 7) is 2.52. The molecule has 4 heteroatoms. The van der Waals surface area contributed by atoms with Crippen molar-refractivity contribution in [2.45, 2.75) is 13.3 Å². The summed E-state index contributed by atoms with van der Waals surface area (Å²) in [6, 6.07) is 11.9. The number of hydrogen-bond acceptors (Lipinski definition) is 3. The molecule has 0 aliphatic carbocycles. The van der Waals surface area contributed by atoms with Crippen molar-refractivity contribution in [3.8, 4) is 11.5 Å². The van der Waals surface area contributed by atoms with Gasteiger partial charge in [-0.05, 0) is 36.6 Å². The molecule has 0 bridgehead atoms. The van der Waals surface area contributed by atoms with Gasteiger partial charge in [-0.25, -0.2) is 0 Å². The topological polar surface area (TPSA) is 69.6 Å². The highest BCUT2D eigenvalue weighted by Gasteiger charge is 2.11. The van der Waals surface area contributed by atoms with E-state index in [-0.39, 0.29) is 23.0 Å². The molecule has 0 heterocycles. The van der Waals surface area contributed by atoms with Crippen molar-refractivity contribution in [3.05, 3.63) is 59.2 Å². The van der Waals surface area contributed by atoms with E-state index in [9.17, 15) is 15.0 Å². The predicted molar refractivity (Wildman–Crippen MR) is 77.0 cm³/mol. The zero-order chi connectivity index (χ0) is 14.5. The number of carbonyl (C=O) groups excluding carboxylic acids is 1. The molecule has 2 aromatic rings. The van der Waals surface area contributed by atoms with Crippen LogP contribution in [-0.4, -0.2) is 22.7 Å². The summed E-state index contributed by atoms with van der Waals surface area (Å²) in [6.07, 6.45) is 0.733. The Morgan fingerprint density at radius 3 is 2.60 bits per heavy atom. The van der Waals surface area contributed by atoms with Crippen LogP contribution in [0.5, 0.6) is 11.5 Å². The van der Waals surface area contributed by atoms with Crippen LogP contribution in [0, 0.1) is 6.92 Å². The third kappa shape index (κ3) is 3.29. The van der Waals surface area contributed by atoms with Crippen LogP contribution >= 0.6 is 0 Å². The van der Waals surface area contributed by atoms with E-state index in [1.807, 2.05) is 31.2 Å². The van der Waals surface area contributed by atoms with Crippen molar-refractivity contribution < 1.29 is 15.0 Å². The number of rotatable bonds is 4. The van der Waals surface area contributed by atoms with Gasteiger partial charge in [0.25, 0.3) is 5.91 Å². The second-order valence-electron chi connectivity index (χ2n) is 4.63. The molecule has 2 aromatic carbocycles. The van der Waals surface area contributed by atoms with Crippen molar-refractivity contribution in [2.24, 2.45) is 0 Å². The van der Waals surface area contributed by atoms with Gasteiger partial charge in [-0.3, -0.25) is 4.79 Å². The fraction of sp³-hybridized carbons (Fsp3) is 0.188. The monoisotopic (exact) mass is 271 g/mol. The Kier molecular flexibility index (Phi) is 4.25. The number of amides is 1. The fourth-order valence-corrected chi connectivity index (χ4v) is 2.01. The van der Waals surface area contributed by atoms with Crippen LogP contribution in [-0.2, 0) is 6.42 Å². The Balaban J connectivity index is 1.94. The molecule has 0 aromatic heterocycles. The summed E-state index contributed by atoms with van der Waals surface area (Å²) >= 11 is 0. The lowest BCUT2D eigenvalue weighted by atomic mass is 10.1. The second-order valence-corrected chi connectivity index (χ2v) is 4.63. The molecule has 0 aliphatic heterocycles. The van der Waals surface area contributed by atoms with E-state index in [0.717, 1.165) is 12.5 Å². The normalized spacial score (nSPS) is 10.2. The Bertz CT molecular complexity index is 623. The van der Waals surface area contributed by atoms with Crippen LogP contribution < -0.4 is 5.32 Å². The molecule has 0 atom stereocenters. The lowest BCUT2D eigenvalue weighted by molar-refractivity contribution is 0.0951. The molecule has 0 aliphatic rings. The molecular weight excluding hydrogens is 254 g/mol. The van der Waals surface area contributed by atoms with E-state index in [4.69, 9.17) is 0 Å². The third-order valence-electron chi connectivity index (χ3n) is 3.17. The van der Waals surface area contributed by atoms with Crippen molar-refractivity contribution >= 4 is 5.91 Å². The molecule has 1 amide bonds. The maximum absolute atomic E-state index is 11.9. The van der Waals surface area contributed by atoms with Gasteiger partial charge in [0.05, 0.1) is 5.56 Å². The van der Waals surface area contributed by atoms with Crippen LogP contribution in [0.1, 0.15) is 21.5 Å². The van der Waals surface area contributed by atoms with Crippen molar-refractivity contribution in [1.82, 2.24) is 5.32 Å². The number of aromatic hydroxyl groups is 2. The minimum absolute atomic E-state index is 0.0704. The van der Waals surface area contributed by atoms with Gasteiger partial charge in [0, 0.05) is 12.6 Å². The number of nitrogens with one attached hydrogen (secondary N) is 1. The van der Waals surface area contributed by atoms with Crippen LogP contribution in [0.2, 0.25) is 0 Å². The van der Waals surface area contributed by atoms with E-state index < -0.39 is 0 Å². The second kappa shape index (κ2) is 6.10. The summed E-state index contributed by atoms with van der Waals surface area (Å²) in [7, 11) is 0. The summed E-state index contributed by atoms with van der Waals surface area (Å²) in [5.41, 5.74) is 2.53. The lowest BCUT2D eigenvalue weighted by Crippen LogP contribution is -2.25. The van der Waals surface area contributed by atoms with Crippen molar-refractivity contribution in [2.75, 3.05) is 6.54 Å². The molecule has 0 saturated carbocycles. The van der Waals surface area contributed by atoms with E-state index >= 15 is 0 Å². The van der Waals surface area contributed by atoms with Crippen LogP contribution in [0.4, 0.5) is 0 Å². The predicted octanol–water partition coefficient (Wildman–Crippen LogP) is 2.38. The van der Waals surface area contributed by atoms with Gasteiger partial charge in [0.15, 0.2) is 0 Å². The van der Waals surface area contributed by atoms with Crippen LogP contribution in [0.15, 0.2) is 42.5 Å². The van der Waals surface area contributed by atoms with Crippen molar-refractivity contribution in [1.29, 1.82) is 0 Å². The maximum Gasteiger partial charge on any atom is 0.255 e. The van der Waals surface area contributed by atoms with E-state index in [1.165, 1.54) is 23.3 Å². The summed E-state index contributed by atoms with van der Waals surface area (Å²) < 4.78 is 0. The molecule has 3 N–H and O–H groups in total. The average molecular weight is 271 g/mol. The van der Waals surface area contributed by atoms with Gasteiger partial charge < -0.3 is 15.5 Å². The minimum atomic E-state index is -0.351. The smallest absolute Gasteiger partial charge is 0.255 e. The SMILES string of the molecule is Cc1ccccc1CCNC(=O)c1ccc(O)cc1O. The first-order valence-corrected chi connectivity index (χ1v) is 6.42. The largest absolute Gasteiger partial charge is 0.508 e.